The minimum Gasteiger partial charge on any atom is -0.543 e. The summed E-state index contributed by atoms with van der Waals surface area (Å²) in [5.74, 6) is 0.875. The second kappa shape index (κ2) is 12.3. The van der Waals surface area contributed by atoms with E-state index in [2.05, 4.69) is 52.1 Å². The maximum atomic E-state index is 9.24. The zero-order valence-corrected chi connectivity index (χ0v) is 24.8. The van der Waals surface area contributed by atoms with Crippen LogP contribution in [0.2, 0.25) is 18.1 Å². The molecule has 1 aliphatic heterocycles. The lowest BCUT2D eigenvalue weighted by atomic mass is 10.1. The van der Waals surface area contributed by atoms with Crippen LogP contribution in [-0.2, 0) is 20.8 Å². The average molecular weight is 545 g/mol. The highest BCUT2D eigenvalue weighted by molar-refractivity contribution is 6.74. The monoisotopic (exact) mass is 544 g/mol. The van der Waals surface area contributed by atoms with E-state index in [-0.39, 0.29) is 11.3 Å². The Hall–Kier alpha value is -2.24. The molecule has 2 unspecified atom stereocenters. The van der Waals surface area contributed by atoms with Crippen molar-refractivity contribution < 1.29 is 23.7 Å². The summed E-state index contributed by atoms with van der Waals surface area (Å²) in [4.78, 5) is 0. The topological polar surface area (TPSA) is 92.8 Å². The third-order valence-corrected chi connectivity index (χ3v) is 11.7. The van der Waals surface area contributed by atoms with Crippen LogP contribution in [0, 0.1) is 0 Å². The van der Waals surface area contributed by atoms with Crippen LogP contribution in [0.5, 0.6) is 5.75 Å². The van der Waals surface area contributed by atoms with E-state index in [1.807, 2.05) is 21.6 Å². The van der Waals surface area contributed by atoms with Crippen molar-refractivity contribution in [1.82, 2.24) is 19.6 Å². The van der Waals surface area contributed by atoms with E-state index < -0.39 is 14.4 Å². The molecule has 210 valence electrons. The number of hydrogen-bond acceptors (Lipinski definition) is 7. The van der Waals surface area contributed by atoms with Crippen LogP contribution in [0.1, 0.15) is 53.2 Å². The smallest absolute Gasteiger partial charge is 0.250 e. The Morgan fingerprint density at radius 3 is 2.61 bits per heavy atom. The van der Waals surface area contributed by atoms with Gasteiger partial charge in [0.1, 0.15) is 17.1 Å². The fraction of sp³-hybridized carbons (Fsp3) is 0.643. The van der Waals surface area contributed by atoms with Crippen molar-refractivity contribution in [3.05, 3.63) is 30.5 Å². The predicted molar refractivity (Wildman–Crippen MR) is 151 cm³/mol. The van der Waals surface area contributed by atoms with Gasteiger partial charge in [-0.15, -0.1) is 0 Å². The lowest BCUT2D eigenvalue weighted by molar-refractivity contribution is -0.0365. The van der Waals surface area contributed by atoms with Crippen LogP contribution >= 0.6 is 0 Å². The molecular formula is C28H44N4O5Si. The van der Waals surface area contributed by atoms with E-state index >= 15 is 0 Å². The fourth-order valence-electron chi connectivity index (χ4n) is 4.20. The van der Waals surface area contributed by atoms with Crippen LogP contribution in [0.25, 0.3) is 22.3 Å². The van der Waals surface area contributed by atoms with E-state index in [1.54, 1.807) is 6.92 Å². The van der Waals surface area contributed by atoms with Gasteiger partial charge in [-0.2, -0.15) is 10.2 Å². The quantitative estimate of drug-likeness (QED) is 0.241. The molecule has 2 aromatic heterocycles. The van der Waals surface area contributed by atoms with Crippen molar-refractivity contribution in [2.75, 3.05) is 33.0 Å². The van der Waals surface area contributed by atoms with Crippen molar-refractivity contribution in [1.29, 1.82) is 0 Å². The summed E-state index contributed by atoms with van der Waals surface area (Å²) in [5.41, 5.74) is 2.68. The number of rotatable bonds is 12. The molecule has 0 spiro atoms. The molecule has 2 atom stereocenters. The van der Waals surface area contributed by atoms with Crippen LogP contribution < -0.4 is 4.43 Å². The summed E-state index contributed by atoms with van der Waals surface area (Å²) in [7, 11) is -1.99. The van der Waals surface area contributed by atoms with Crippen molar-refractivity contribution in [2.45, 2.75) is 84.0 Å². The summed E-state index contributed by atoms with van der Waals surface area (Å²) in [6, 6.07) is 8.29. The van der Waals surface area contributed by atoms with Gasteiger partial charge in [0.15, 0.2) is 6.23 Å². The van der Waals surface area contributed by atoms with Gasteiger partial charge in [-0.1, -0.05) is 20.8 Å². The molecule has 4 rings (SSSR count). The number of hydrogen-bond donors (Lipinski definition) is 1. The van der Waals surface area contributed by atoms with E-state index in [0.29, 0.717) is 33.0 Å². The minimum atomic E-state index is -1.99. The molecule has 1 fully saturated rings. The van der Waals surface area contributed by atoms with Crippen LogP contribution in [-0.4, -0.2) is 72.1 Å². The summed E-state index contributed by atoms with van der Waals surface area (Å²) in [5, 5.41) is 20.2. The highest BCUT2D eigenvalue weighted by atomic mass is 28.4. The van der Waals surface area contributed by atoms with E-state index in [4.69, 9.17) is 28.8 Å². The molecular weight excluding hydrogens is 500 g/mol. The van der Waals surface area contributed by atoms with Gasteiger partial charge in [-0.3, -0.25) is 4.68 Å². The van der Waals surface area contributed by atoms with Crippen molar-refractivity contribution in [3.8, 4) is 17.1 Å². The number of fused-ring (bicyclic) bond motifs is 1. The van der Waals surface area contributed by atoms with Gasteiger partial charge >= 0.3 is 0 Å². The molecule has 9 nitrogen and oxygen atoms in total. The molecule has 38 heavy (non-hydrogen) atoms. The molecule has 1 N–H and O–H groups in total. The lowest BCUT2D eigenvalue weighted by Gasteiger charge is -2.36. The SMILES string of the molecule is CC(O)COCCOCCn1ccc(-c2nn(C3CCCCO3)c3ccc(O[Si](C)(C)C(C)(C)C)cc23)n1. The first-order valence-electron chi connectivity index (χ1n) is 13.8. The highest BCUT2D eigenvalue weighted by Crippen LogP contribution is 2.39. The molecule has 0 aliphatic carbocycles. The Labute approximate surface area is 227 Å². The molecule has 3 aromatic rings. The van der Waals surface area contributed by atoms with Crippen LogP contribution in [0.4, 0.5) is 0 Å². The average Bonchev–Trinajstić information content (AvgIpc) is 3.47. The molecule has 0 amide bonds. The number of benzene rings is 1. The molecule has 0 saturated carbocycles. The van der Waals surface area contributed by atoms with Crippen molar-refractivity contribution in [3.63, 3.8) is 0 Å². The molecule has 0 bridgehead atoms. The van der Waals surface area contributed by atoms with Crippen LogP contribution in [0.15, 0.2) is 30.5 Å². The Kier molecular flexibility index (Phi) is 9.30. The summed E-state index contributed by atoms with van der Waals surface area (Å²) in [6.07, 6.45) is 4.60. The molecule has 1 aliphatic rings. The summed E-state index contributed by atoms with van der Waals surface area (Å²) in [6.45, 7) is 16.1. The van der Waals surface area contributed by atoms with Gasteiger partial charge in [-0.25, -0.2) is 4.68 Å². The third kappa shape index (κ3) is 7.03. The normalized spacial score (nSPS) is 17.7. The maximum absolute atomic E-state index is 9.24. The summed E-state index contributed by atoms with van der Waals surface area (Å²) >= 11 is 0. The second-order valence-corrected chi connectivity index (χ2v) is 16.4. The zero-order valence-electron chi connectivity index (χ0n) is 23.8. The first-order chi connectivity index (χ1) is 18.0. The first kappa shape index (κ1) is 28.8. The Balaban J connectivity index is 1.54. The van der Waals surface area contributed by atoms with Gasteiger partial charge in [0, 0.05) is 18.2 Å². The highest BCUT2D eigenvalue weighted by Gasteiger charge is 2.39. The van der Waals surface area contributed by atoms with E-state index in [1.165, 1.54) is 0 Å². The number of aliphatic hydroxyl groups is 1. The van der Waals surface area contributed by atoms with Crippen molar-refractivity contribution in [2.24, 2.45) is 0 Å². The molecule has 3 heterocycles. The Bertz CT molecular complexity index is 1180. The van der Waals surface area contributed by atoms with E-state index in [0.717, 1.165) is 53.9 Å². The van der Waals surface area contributed by atoms with Crippen LogP contribution in [0.3, 0.4) is 0 Å². The van der Waals surface area contributed by atoms with E-state index in [9.17, 15) is 5.11 Å². The first-order valence-corrected chi connectivity index (χ1v) is 16.7. The van der Waals surface area contributed by atoms with Gasteiger partial charge in [0.05, 0.1) is 44.6 Å². The van der Waals surface area contributed by atoms with Gasteiger partial charge < -0.3 is 23.7 Å². The number of aromatic nitrogens is 4. The molecule has 1 saturated heterocycles. The number of aliphatic hydroxyl groups excluding tert-OH is 1. The maximum Gasteiger partial charge on any atom is 0.250 e. The predicted octanol–water partition coefficient (Wildman–Crippen LogP) is 5.40. The standard InChI is InChI=1S/C28H44N4O5Si/c1-21(33)20-35-18-17-34-16-14-31-13-12-24(29-31)27-23-19-22(37-38(5,6)28(2,3)4)10-11-25(23)32(30-27)26-9-7-8-15-36-26/h10-13,19,21,26,33H,7-9,14-18,20H2,1-6H3. The Morgan fingerprint density at radius 2 is 1.89 bits per heavy atom. The second-order valence-electron chi connectivity index (χ2n) is 11.7. The molecule has 0 radical (unpaired) electrons. The van der Waals surface area contributed by atoms with Gasteiger partial charge in [-0.05, 0) is 68.6 Å². The van der Waals surface area contributed by atoms with Crippen molar-refractivity contribution >= 4 is 19.2 Å². The Morgan fingerprint density at radius 1 is 1.11 bits per heavy atom. The molecule has 10 heteroatoms. The fourth-order valence-corrected chi connectivity index (χ4v) is 5.22. The number of nitrogens with zero attached hydrogens (tertiary/aromatic N) is 4. The zero-order chi connectivity index (χ0) is 27.3. The van der Waals surface area contributed by atoms with Gasteiger partial charge in [0.25, 0.3) is 0 Å². The largest absolute Gasteiger partial charge is 0.543 e. The third-order valence-electron chi connectivity index (χ3n) is 7.36. The van der Waals surface area contributed by atoms with Gasteiger partial charge in [0.2, 0.25) is 8.32 Å². The minimum absolute atomic E-state index is 0.0707. The number of ether oxygens (including phenoxy) is 3. The molecule has 1 aromatic carbocycles. The summed E-state index contributed by atoms with van der Waals surface area (Å²) < 4.78 is 27.6. The lowest BCUT2D eigenvalue weighted by Crippen LogP contribution is -2.43.